The van der Waals surface area contributed by atoms with Gasteiger partial charge in [0, 0.05) is 38.6 Å². The molecule has 3 N–H and O–H groups in total. The number of alkyl halides is 3. The summed E-state index contributed by atoms with van der Waals surface area (Å²) in [6, 6.07) is 12.3. The molecule has 0 spiro atoms. The van der Waals surface area contributed by atoms with E-state index in [4.69, 9.17) is 10.5 Å². The molecule has 0 aliphatic heterocycles. The number of hydrogen-bond acceptors (Lipinski definition) is 7. The third-order valence-corrected chi connectivity index (χ3v) is 5.79. The van der Waals surface area contributed by atoms with Gasteiger partial charge in [-0.25, -0.2) is 4.98 Å². The van der Waals surface area contributed by atoms with Crippen molar-refractivity contribution in [1.82, 2.24) is 19.4 Å². The molecule has 11 heteroatoms. The molecule has 2 aromatic carbocycles. The normalized spacial score (nSPS) is 11.8. The van der Waals surface area contributed by atoms with Crippen LogP contribution in [-0.4, -0.2) is 60.8 Å². The molecule has 2 aromatic heterocycles. The van der Waals surface area contributed by atoms with Gasteiger partial charge in [0.2, 0.25) is 5.95 Å². The highest BCUT2D eigenvalue weighted by Crippen LogP contribution is 2.38. The van der Waals surface area contributed by atoms with E-state index < -0.39 is 11.7 Å². The molecule has 36 heavy (non-hydrogen) atoms. The van der Waals surface area contributed by atoms with Gasteiger partial charge in [-0.2, -0.15) is 18.2 Å². The van der Waals surface area contributed by atoms with E-state index in [-0.39, 0.29) is 11.8 Å². The summed E-state index contributed by atoms with van der Waals surface area (Å²) in [4.78, 5) is 12.2. The van der Waals surface area contributed by atoms with Crippen molar-refractivity contribution in [3.8, 4) is 11.6 Å². The summed E-state index contributed by atoms with van der Waals surface area (Å²) in [6.45, 7) is 1.57. The minimum absolute atomic E-state index is 0.0257. The number of fused-ring (bicyclic) bond motifs is 1. The molecule has 0 unspecified atom stereocenters. The molecule has 2 heterocycles. The summed E-state index contributed by atoms with van der Waals surface area (Å²) in [5, 5.41) is 3.77. The standard InChI is InChI=1S/C25H28F3N7O/c1-33(2)11-12-34(3)21-14-22(36-4)19(13-18(21)29)31-24-30-15-17(25(26,27)28)23(32-24)35-10-9-16-7-5-6-8-20(16)35/h5-10,13-15H,11-12,29H2,1-4H3,(H,30,31,32). The third-order valence-electron chi connectivity index (χ3n) is 5.79. The number of para-hydroxylation sites is 1. The van der Waals surface area contributed by atoms with Crippen LogP contribution in [0.5, 0.6) is 5.75 Å². The summed E-state index contributed by atoms with van der Waals surface area (Å²) < 4.78 is 48.5. The van der Waals surface area contributed by atoms with Crippen LogP contribution < -0.4 is 20.7 Å². The predicted molar refractivity (Wildman–Crippen MR) is 136 cm³/mol. The number of rotatable bonds is 8. The maximum atomic E-state index is 13.8. The Kier molecular flexibility index (Phi) is 6.93. The second-order valence-corrected chi connectivity index (χ2v) is 8.63. The Hall–Kier alpha value is -3.99. The number of nitrogens with one attached hydrogen (secondary N) is 1. The highest BCUT2D eigenvalue weighted by Gasteiger charge is 2.36. The molecule has 0 bridgehead atoms. The van der Waals surface area contributed by atoms with Crippen molar-refractivity contribution in [1.29, 1.82) is 0 Å². The average Bonchev–Trinajstić information content (AvgIpc) is 3.26. The van der Waals surface area contributed by atoms with Gasteiger partial charge in [0.15, 0.2) is 5.82 Å². The van der Waals surface area contributed by atoms with Crippen LogP contribution in [0.2, 0.25) is 0 Å². The topological polar surface area (TPSA) is 84.5 Å². The summed E-state index contributed by atoms with van der Waals surface area (Å²) in [7, 11) is 7.40. The first-order valence-electron chi connectivity index (χ1n) is 11.2. The second-order valence-electron chi connectivity index (χ2n) is 8.63. The van der Waals surface area contributed by atoms with Crippen LogP contribution in [0.25, 0.3) is 16.7 Å². The van der Waals surface area contributed by atoms with Crippen LogP contribution in [0.1, 0.15) is 5.56 Å². The number of aromatic nitrogens is 3. The van der Waals surface area contributed by atoms with E-state index in [1.54, 1.807) is 36.5 Å². The number of benzene rings is 2. The molecule has 4 aromatic rings. The van der Waals surface area contributed by atoms with Gasteiger partial charge < -0.3 is 30.2 Å². The zero-order valence-electron chi connectivity index (χ0n) is 20.5. The average molecular weight is 500 g/mol. The summed E-state index contributed by atoms with van der Waals surface area (Å²) in [5.74, 6) is 0.141. The lowest BCUT2D eigenvalue weighted by atomic mass is 10.2. The quantitative estimate of drug-likeness (QED) is 0.338. The third kappa shape index (κ3) is 5.15. The molecule has 0 radical (unpaired) electrons. The highest BCUT2D eigenvalue weighted by atomic mass is 19.4. The van der Waals surface area contributed by atoms with Crippen LogP contribution in [0.3, 0.4) is 0 Å². The zero-order chi connectivity index (χ0) is 26.0. The van der Waals surface area contributed by atoms with Crippen LogP contribution in [-0.2, 0) is 6.18 Å². The van der Waals surface area contributed by atoms with Gasteiger partial charge in [-0.05, 0) is 37.7 Å². The predicted octanol–water partition coefficient (Wildman–Crippen LogP) is 4.77. The number of likely N-dealkylation sites (N-methyl/N-ethyl adjacent to an activating group) is 2. The Morgan fingerprint density at radius 1 is 1.08 bits per heavy atom. The second kappa shape index (κ2) is 9.94. The molecular formula is C25H28F3N7O. The molecule has 0 amide bonds. The first kappa shape index (κ1) is 25.1. The number of anilines is 4. The molecule has 8 nitrogen and oxygen atoms in total. The lowest BCUT2D eigenvalue weighted by Crippen LogP contribution is -2.29. The van der Waals surface area contributed by atoms with E-state index in [0.29, 0.717) is 22.6 Å². The SMILES string of the molecule is COc1cc(N(C)CCN(C)C)c(N)cc1Nc1ncc(C(F)(F)F)c(-n2ccc3ccccc32)n1. The molecule has 0 atom stereocenters. The number of nitrogens with zero attached hydrogens (tertiary/aromatic N) is 5. The Bertz CT molecular complexity index is 1370. The zero-order valence-corrected chi connectivity index (χ0v) is 20.5. The van der Waals surface area contributed by atoms with Crippen LogP contribution in [0.15, 0.2) is 54.9 Å². The largest absolute Gasteiger partial charge is 0.494 e. The van der Waals surface area contributed by atoms with Gasteiger partial charge in [0.1, 0.15) is 11.3 Å². The lowest BCUT2D eigenvalue weighted by Gasteiger charge is -2.24. The van der Waals surface area contributed by atoms with Crippen LogP contribution in [0, 0.1) is 0 Å². The van der Waals surface area contributed by atoms with Crippen LogP contribution >= 0.6 is 0 Å². The molecule has 4 rings (SSSR count). The van der Waals surface area contributed by atoms with Gasteiger partial charge in [0.25, 0.3) is 0 Å². The number of methoxy groups -OCH3 is 1. The maximum absolute atomic E-state index is 13.8. The molecule has 0 saturated carbocycles. The highest BCUT2D eigenvalue weighted by molar-refractivity contribution is 5.82. The molecule has 190 valence electrons. The van der Waals surface area contributed by atoms with Gasteiger partial charge in [-0.1, -0.05) is 18.2 Å². The Labute approximate surface area is 207 Å². The number of halogens is 3. The fraction of sp³-hybridized carbons (Fsp3) is 0.280. The van der Waals surface area contributed by atoms with Crippen LogP contribution in [0.4, 0.5) is 36.2 Å². The van der Waals surface area contributed by atoms with Gasteiger partial charge in [-0.3, -0.25) is 0 Å². The molecule has 0 fully saturated rings. The Morgan fingerprint density at radius 3 is 2.53 bits per heavy atom. The fourth-order valence-electron chi connectivity index (χ4n) is 3.86. The number of hydrogen-bond donors (Lipinski definition) is 2. The molecule has 0 aliphatic rings. The maximum Gasteiger partial charge on any atom is 0.421 e. The number of nitrogen functional groups attached to an aromatic ring is 1. The Balaban J connectivity index is 1.73. The smallest absolute Gasteiger partial charge is 0.421 e. The van der Waals surface area contributed by atoms with Crippen molar-refractivity contribution >= 4 is 33.9 Å². The number of nitrogens with two attached hydrogens (primary N) is 1. The van der Waals surface area contributed by atoms with Crippen molar-refractivity contribution in [2.45, 2.75) is 6.18 Å². The van der Waals surface area contributed by atoms with Crippen molar-refractivity contribution in [2.24, 2.45) is 0 Å². The van der Waals surface area contributed by atoms with E-state index in [0.717, 1.165) is 30.4 Å². The monoisotopic (exact) mass is 499 g/mol. The first-order valence-corrected chi connectivity index (χ1v) is 11.2. The van der Waals surface area contributed by atoms with Crippen molar-refractivity contribution in [3.63, 3.8) is 0 Å². The van der Waals surface area contributed by atoms with Gasteiger partial charge >= 0.3 is 6.18 Å². The Morgan fingerprint density at radius 2 is 1.83 bits per heavy atom. The van der Waals surface area contributed by atoms with E-state index in [2.05, 4.69) is 20.2 Å². The fourth-order valence-corrected chi connectivity index (χ4v) is 3.86. The van der Waals surface area contributed by atoms with Gasteiger partial charge in [-0.15, -0.1) is 0 Å². The summed E-state index contributed by atoms with van der Waals surface area (Å²) in [5.41, 5.74) is 7.64. The van der Waals surface area contributed by atoms with E-state index in [1.807, 2.05) is 38.2 Å². The van der Waals surface area contributed by atoms with Crippen molar-refractivity contribution in [3.05, 3.63) is 60.4 Å². The molecule has 0 saturated heterocycles. The van der Waals surface area contributed by atoms with Gasteiger partial charge in [0.05, 0.1) is 29.7 Å². The van der Waals surface area contributed by atoms with E-state index in [1.165, 1.54) is 11.7 Å². The summed E-state index contributed by atoms with van der Waals surface area (Å²) in [6.07, 6.45) is -2.30. The number of ether oxygens (including phenoxy) is 1. The first-order chi connectivity index (χ1) is 17.1. The minimum atomic E-state index is -4.64. The van der Waals surface area contributed by atoms with Crippen molar-refractivity contribution < 1.29 is 17.9 Å². The molecule has 0 aliphatic carbocycles. The lowest BCUT2D eigenvalue weighted by molar-refractivity contribution is -0.137. The minimum Gasteiger partial charge on any atom is -0.494 e. The van der Waals surface area contributed by atoms with E-state index in [9.17, 15) is 13.2 Å². The van der Waals surface area contributed by atoms with E-state index >= 15 is 0 Å². The molecular weight excluding hydrogens is 471 g/mol. The summed E-state index contributed by atoms with van der Waals surface area (Å²) >= 11 is 0. The van der Waals surface area contributed by atoms with Crippen molar-refractivity contribution in [2.75, 3.05) is 57.3 Å².